The quantitative estimate of drug-likeness (QED) is 0.776. The summed E-state index contributed by atoms with van der Waals surface area (Å²) in [5.74, 6) is -0.562. The number of aromatic amines is 1. The number of aryl methyl sites for hydroxylation is 3. The molecule has 23 heavy (non-hydrogen) atoms. The Bertz CT molecular complexity index is 921. The molecule has 0 bridgehead atoms. The average Bonchev–Trinajstić information content (AvgIpc) is 2.85. The molecule has 1 heterocycles. The largest absolute Gasteiger partial charge is 0.417 e. The Labute approximate surface area is 133 Å². The van der Waals surface area contributed by atoms with Crippen molar-refractivity contribution in [2.75, 3.05) is 5.32 Å². The van der Waals surface area contributed by atoms with Crippen LogP contribution in [0.5, 0.6) is 0 Å². The van der Waals surface area contributed by atoms with Crippen molar-refractivity contribution in [3.8, 4) is 0 Å². The van der Waals surface area contributed by atoms with Crippen molar-refractivity contribution < 1.29 is 9.21 Å². The predicted molar refractivity (Wildman–Crippen MR) is 89.7 cm³/mol. The van der Waals surface area contributed by atoms with E-state index in [-0.39, 0.29) is 5.91 Å². The zero-order chi connectivity index (χ0) is 16.4. The Balaban J connectivity index is 1.64. The number of aromatic nitrogens is 1. The van der Waals surface area contributed by atoms with Gasteiger partial charge in [0.25, 0.3) is 0 Å². The number of amides is 1. The van der Waals surface area contributed by atoms with Crippen LogP contribution < -0.4 is 11.1 Å². The smallest absolute Gasteiger partial charge is 0.408 e. The maximum absolute atomic E-state index is 12.1. The van der Waals surface area contributed by atoms with Crippen LogP contribution in [0.3, 0.4) is 0 Å². The zero-order valence-electron chi connectivity index (χ0n) is 13.1. The topological polar surface area (TPSA) is 75.1 Å². The van der Waals surface area contributed by atoms with Crippen molar-refractivity contribution in [2.45, 2.75) is 26.7 Å². The molecule has 3 aromatic rings. The van der Waals surface area contributed by atoms with Crippen molar-refractivity contribution in [2.24, 2.45) is 0 Å². The fourth-order valence-electron chi connectivity index (χ4n) is 2.63. The Kier molecular flexibility index (Phi) is 4.02. The van der Waals surface area contributed by atoms with Crippen LogP contribution in [0, 0.1) is 13.8 Å². The molecule has 118 valence electrons. The lowest BCUT2D eigenvalue weighted by Crippen LogP contribution is -2.12. The standard InChI is InChI=1S/C18H18N2O3/c1-11-3-4-13(12(2)9-11)5-8-17(21)19-14-6-7-16-15(10-14)20-18(22)23-16/h3-4,6-7,9-10H,5,8H2,1-2H3,(H,19,21)(H,20,22). The van der Waals surface area contributed by atoms with Gasteiger partial charge < -0.3 is 9.73 Å². The average molecular weight is 310 g/mol. The summed E-state index contributed by atoms with van der Waals surface area (Å²) in [5.41, 5.74) is 5.29. The van der Waals surface area contributed by atoms with Gasteiger partial charge in [0.15, 0.2) is 5.58 Å². The van der Waals surface area contributed by atoms with E-state index in [2.05, 4.69) is 42.3 Å². The van der Waals surface area contributed by atoms with Gasteiger partial charge in [0.05, 0.1) is 5.52 Å². The van der Waals surface area contributed by atoms with E-state index in [1.54, 1.807) is 18.2 Å². The number of benzene rings is 2. The van der Waals surface area contributed by atoms with Crippen LogP contribution in [-0.4, -0.2) is 10.9 Å². The molecule has 0 aliphatic rings. The number of H-pyrrole nitrogens is 1. The van der Waals surface area contributed by atoms with Gasteiger partial charge in [-0.05, 0) is 49.6 Å². The highest BCUT2D eigenvalue weighted by atomic mass is 16.4. The summed E-state index contributed by atoms with van der Waals surface area (Å²) in [5, 5.41) is 2.84. The third-order valence-corrected chi connectivity index (χ3v) is 3.82. The van der Waals surface area contributed by atoms with Gasteiger partial charge in [0.1, 0.15) is 0 Å². The summed E-state index contributed by atoms with van der Waals surface area (Å²) in [6.07, 6.45) is 1.10. The molecule has 0 radical (unpaired) electrons. The minimum atomic E-state index is -0.502. The molecule has 0 atom stereocenters. The van der Waals surface area contributed by atoms with E-state index >= 15 is 0 Å². The second kappa shape index (κ2) is 6.12. The van der Waals surface area contributed by atoms with E-state index in [1.807, 2.05) is 0 Å². The predicted octanol–water partition coefficient (Wildman–Crippen LogP) is 3.31. The van der Waals surface area contributed by atoms with Gasteiger partial charge in [-0.3, -0.25) is 9.78 Å². The lowest BCUT2D eigenvalue weighted by molar-refractivity contribution is -0.116. The van der Waals surface area contributed by atoms with Gasteiger partial charge in [-0.25, -0.2) is 4.79 Å². The summed E-state index contributed by atoms with van der Waals surface area (Å²) in [7, 11) is 0. The van der Waals surface area contributed by atoms with Crippen molar-refractivity contribution in [3.05, 3.63) is 63.6 Å². The maximum atomic E-state index is 12.1. The molecule has 0 fully saturated rings. The van der Waals surface area contributed by atoms with Gasteiger partial charge in [0, 0.05) is 12.1 Å². The molecule has 0 aliphatic carbocycles. The summed E-state index contributed by atoms with van der Waals surface area (Å²) >= 11 is 0. The van der Waals surface area contributed by atoms with Crippen LogP contribution in [-0.2, 0) is 11.2 Å². The molecule has 0 saturated carbocycles. The van der Waals surface area contributed by atoms with Crippen molar-refractivity contribution in [1.82, 2.24) is 4.98 Å². The van der Waals surface area contributed by atoms with Gasteiger partial charge in [-0.2, -0.15) is 0 Å². The summed E-state index contributed by atoms with van der Waals surface area (Å²) in [6.45, 7) is 4.11. The molecule has 0 aliphatic heterocycles. The normalized spacial score (nSPS) is 10.9. The second-order valence-corrected chi connectivity index (χ2v) is 5.70. The fraction of sp³-hybridized carbons (Fsp3) is 0.222. The Morgan fingerprint density at radius 1 is 1.17 bits per heavy atom. The highest BCUT2D eigenvalue weighted by molar-refractivity contribution is 5.92. The molecule has 0 unspecified atom stereocenters. The number of oxazole rings is 1. The van der Waals surface area contributed by atoms with Gasteiger partial charge in [-0.15, -0.1) is 0 Å². The van der Waals surface area contributed by atoms with Crippen LogP contribution >= 0.6 is 0 Å². The minimum Gasteiger partial charge on any atom is -0.408 e. The van der Waals surface area contributed by atoms with Gasteiger partial charge in [0.2, 0.25) is 5.91 Å². The van der Waals surface area contributed by atoms with Crippen LogP contribution in [0.15, 0.2) is 45.6 Å². The highest BCUT2D eigenvalue weighted by Crippen LogP contribution is 2.17. The molecule has 0 spiro atoms. The second-order valence-electron chi connectivity index (χ2n) is 5.70. The first-order valence-corrected chi connectivity index (χ1v) is 7.50. The minimum absolute atomic E-state index is 0.0600. The van der Waals surface area contributed by atoms with Gasteiger partial charge >= 0.3 is 5.76 Å². The van der Waals surface area contributed by atoms with Crippen molar-refractivity contribution in [1.29, 1.82) is 0 Å². The molecule has 5 heteroatoms. The first-order valence-electron chi connectivity index (χ1n) is 7.50. The molecule has 1 aromatic heterocycles. The molecule has 2 aromatic carbocycles. The van der Waals surface area contributed by atoms with Crippen LogP contribution in [0.4, 0.5) is 5.69 Å². The fourth-order valence-corrected chi connectivity index (χ4v) is 2.63. The van der Waals surface area contributed by atoms with E-state index in [1.165, 1.54) is 16.7 Å². The van der Waals surface area contributed by atoms with Crippen molar-refractivity contribution >= 4 is 22.7 Å². The summed E-state index contributed by atoms with van der Waals surface area (Å²) < 4.78 is 4.93. The Hall–Kier alpha value is -2.82. The van der Waals surface area contributed by atoms with Crippen LogP contribution in [0.1, 0.15) is 23.1 Å². The van der Waals surface area contributed by atoms with E-state index in [0.717, 1.165) is 0 Å². The molecule has 3 rings (SSSR count). The van der Waals surface area contributed by atoms with Gasteiger partial charge in [-0.1, -0.05) is 23.8 Å². The third kappa shape index (κ3) is 3.51. The molecule has 1 amide bonds. The first kappa shape index (κ1) is 15.1. The maximum Gasteiger partial charge on any atom is 0.417 e. The number of hydrogen-bond donors (Lipinski definition) is 2. The molecule has 2 N–H and O–H groups in total. The number of anilines is 1. The van der Waals surface area contributed by atoms with Crippen LogP contribution in [0.25, 0.3) is 11.1 Å². The number of carbonyl (C=O) groups is 1. The van der Waals surface area contributed by atoms with E-state index in [4.69, 9.17) is 4.42 Å². The molecular formula is C18H18N2O3. The van der Waals surface area contributed by atoms with Crippen LogP contribution in [0.2, 0.25) is 0 Å². The Morgan fingerprint density at radius 3 is 2.78 bits per heavy atom. The lowest BCUT2D eigenvalue weighted by atomic mass is 10.0. The monoisotopic (exact) mass is 310 g/mol. The van der Waals surface area contributed by atoms with E-state index in [9.17, 15) is 9.59 Å². The van der Waals surface area contributed by atoms with Crippen molar-refractivity contribution in [3.63, 3.8) is 0 Å². The lowest BCUT2D eigenvalue weighted by Gasteiger charge is -2.08. The highest BCUT2D eigenvalue weighted by Gasteiger charge is 2.07. The number of nitrogens with one attached hydrogen (secondary N) is 2. The van der Waals surface area contributed by atoms with E-state index in [0.29, 0.717) is 29.6 Å². The Morgan fingerprint density at radius 2 is 2.00 bits per heavy atom. The zero-order valence-corrected chi connectivity index (χ0v) is 13.1. The SMILES string of the molecule is Cc1ccc(CCC(=O)Nc2ccc3oc(=O)[nH]c3c2)c(C)c1. The molecule has 5 nitrogen and oxygen atoms in total. The summed E-state index contributed by atoms with van der Waals surface area (Å²) in [4.78, 5) is 25.8. The number of fused-ring (bicyclic) bond motifs is 1. The van der Waals surface area contributed by atoms with E-state index < -0.39 is 5.76 Å². The number of hydrogen-bond acceptors (Lipinski definition) is 3. The number of rotatable bonds is 4. The first-order chi connectivity index (χ1) is 11.0. The third-order valence-electron chi connectivity index (χ3n) is 3.82. The molecular weight excluding hydrogens is 292 g/mol. The summed E-state index contributed by atoms with van der Waals surface area (Å²) in [6, 6.07) is 11.3. The molecule has 0 saturated heterocycles. The number of carbonyl (C=O) groups excluding carboxylic acids is 1.